The van der Waals surface area contributed by atoms with E-state index >= 15 is 0 Å². The van der Waals surface area contributed by atoms with Crippen LogP contribution in [-0.2, 0) is 11.2 Å². The molecular weight excluding hydrogens is 413 g/mol. The third-order valence-electron chi connectivity index (χ3n) is 3.85. The average Bonchev–Trinajstić information content (AvgIpc) is 3.11. The van der Waals surface area contributed by atoms with Crippen LogP contribution in [0.25, 0.3) is 0 Å². The van der Waals surface area contributed by atoms with Gasteiger partial charge in [0, 0.05) is 5.38 Å². The van der Waals surface area contributed by atoms with Gasteiger partial charge in [0.1, 0.15) is 0 Å². The number of carbonyl (C=O) groups excluding carboxylic acids is 1. The highest BCUT2D eigenvalue weighted by atomic mass is 32.1. The van der Waals surface area contributed by atoms with Gasteiger partial charge in [-0.3, -0.25) is 10.1 Å². The normalized spacial score (nSPS) is 10.4. The number of para-hydroxylation sites is 1. The lowest BCUT2D eigenvalue weighted by Crippen LogP contribution is -2.19. The first-order valence-electron chi connectivity index (χ1n) is 8.71. The van der Waals surface area contributed by atoms with E-state index < -0.39 is 17.8 Å². The van der Waals surface area contributed by atoms with E-state index in [1.54, 1.807) is 29.6 Å². The average molecular weight is 431 g/mol. The van der Waals surface area contributed by atoms with Crippen molar-refractivity contribution in [3.8, 4) is 17.2 Å². The molecule has 0 atom stereocenters. The number of hydrogen-bond donors (Lipinski definition) is 3. The molecule has 3 N–H and O–H groups in total. The lowest BCUT2D eigenvalue weighted by molar-refractivity contribution is -0.136. The van der Waals surface area contributed by atoms with Gasteiger partial charge in [-0.2, -0.15) is 0 Å². The Kier molecular flexibility index (Phi) is 6.48. The highest BCUT2D eigenvalue weighted by Gasteiger charge is 2.16. The Bertz CT molecular complexity index is 1090. The van der Waals surface area contributed by atoms with Crippen LogP contribution in [0.2, 0.25) is 0 Å². The van der Waals surface area contributed by atoms with Gasteiger partial charge in [0.25, 0.3) is 0 Å². The van der Waals surface area contributed by atoms with Gasteiger partial charge >= 0.3 is 12.0 Å². The monoisotopic (exact) mass is 431 g/mol. The summed E-state index contributed by atoms with van der Waals surface area (Å²) in [5, 5.41) is 15.8. The van der Waals surface area contributed by atoms with Crippen molar-refractivity contribution in [2.75, 3.05) is 17.7 Å². The second-order valence-corrected chi connectivity index (χ2v) is 7.02. The first-order valence-corrected chi connectivity index (χ1v) is 9.59. The van der Waals surface area contributed by atoms with Gasteiger partial charge in [-0.1, -0.05) is 12.1 Å². The molecule has 0 aliphatic carbocycles. The molecule has 0 radical (unpaired) electrons. The first-order chi connectivity index (χ1) is 14.4. The standard InChI is InChI=1S/C20H18FN3O5S/c1-11-6-7-14(16(8-11)29-18-13(21)4-3-5-15(18)28-2)23-19(27)24-20-22-12(10-30-20)9-17(25)26/h3-8,10H,9H2,1-2H3,(H,25,26)(H2,22,23,24,27). The topological polar surface area (TPSA) is 110 Å². The van der Waals surface area contributed by atoms with Crippen molar-refractivity contribution >= 4 is 34.2 Å². The van der Waals surface area contributed by atoms with E-state index in [9.17, 15) is 14.0 Å². The number of ether oxygens (including phenoxy) is 2. The van der Waals surface area contributed by atoms with Crippen molar-refractivity contribution in [2.45, 2.75) is 13.3 Å². The summed E-state index contributed by atoms with van der Waals surface area (Å²) in [4.78, 5) is 27.1. The molecule has 0 bridgehead atoms. The smallest absolute Gasteiger partial charge is 0.325 e. The summed E-state index contributed by atoms with van der Waals surface area (Å²) in [6.07, 6.45) is -0.236. The van der Waals surface area contributed by atoms with E-state index in [0.29, 0.717) is 11.4 Å². The van der Waals surface area contributed by atoms with Crippen LogP contribution in [0.3, 0.4) is 0 Å². The highest BCUT2D eigenvalue weighted by Crippen LogP contribution is 2.37. The van der Waals surface area contributed by atoms with Gasteiger partial charge in [0.15, 0.2) is 22.4 Å². The predicted octanol–water partition coefficient (Wildman–Crippen LogP) is 4.66. The molecule has 1 heterocycles. The quantitative estimate of drug-likeness (QED) is 0.502. The van der Waals surface area contributed by atoms with Crippen molar-refractivity contribution in [1.29, 1.82) is 0 Å². The number of benzene rings is 2. The van der Waals surface area contributed by atoms with Crippen LogP contribution in [0.1, 0.15) is 11.3 Å². The van der Waals surface area contributed by atoms with Crippen LogP contribution < -0.4 is 20.1 Å². The number of aliphatic carboxylic acids is 1. The van der Waals surface area contributed by atoms with Gasteiger partial charge in [0.05, 0.1) is 24.9 Å². The molecule has 1 aromatic heterocycles. The van der Waals surface area contributed by atoms with E-state index in [1.165, 1.54) is 19.2 Å². The fourth-order valence-corrected chi connectivity index (χ4v) is 3.23. The lowest BCUT2D eigenvalue weighted by Gasteiger charge is -2.15. The maximum absolute atomic E-state index is 14.2. The maximum atomic E-state index is 14.2. The Morgan fingerprint density at radius 2 is 2.00 bits per heavy atom. The molecule has 0 aliphatic heterocycles. The summed E-state index contributed by atoms with van der Waals surface area (Å²) in [6, 6.07) is 8.72. The van der Waals surface area contributed by atoms with Gasteiger partial charge in [-0.25, -0.2) is 14.2 Å². The van der Waals surface area contributed by atoms with Crippen LogP contribution in [0.5, 0.6) is 17.2 Å². The zero-order chi connectivity index (χ0) is 21.7. The van der Waals surface area contributed by atoms with Crippen molar-refractivity contribution in [2.24, 2.45) is 0 Å². The molecule has 156 valence electrons. The van der Waals surface area contributed by atoms with Crippen molar-refractivity contribution in [1.82, 2.24) is 4.98 Å². The first kappa shape index (κ1) is 21.1. The van der Waals surface area contributed by atoms with Crippen LogP contribution >= 0.6 is 11.3 Å². The van der Waals surface area contributed by atoms with Crippen molar-refractivity contribution < 1.29 is 28.6 Å². The summed E-state index contributed by atoms with van der Waals surface area (Å²) in [5.74, 6) is -1.30. The third-order valence-corrected chi connectivity index (χ3v) is 4.66. The molecule has 30 heavy (non-hydrogen) atoms. The van der Waals surface area contributed by atoms with Gasteiger partial charge in [-0.05, 0) is 36.8 Å². The number of urea groups is 1. The largest absolute Gasteiger partial charge is 0.493 e. The Balaban J connectivity index is 1.78. The minimum absolute atomic E-state index is 0.104. The maximum Gasteiger partial charge on any atom is 0.325 e. The number of methoxy groups -OCH3 is 1. The highest BCUT2D eigenvalue weighted by molar-refractivity contribution is 7.14. The van der Waals surface area contributed by atoms with Crippen LogP contribution in [-0.4, -0.2) is 29.2 Å². The second-order valence-electron chi connectivity index (χ2n) is 6.17. The van der Waals surface area contributed by atoms with E-state index in [4.69, 9.17) is 14.6 Å². The molecule has 3 rings (SSSR count). The molecule has 0 spiro atoms. The number of amides is 2. The Hall–Kier alpha value is -3.66. The third kappa shape index (κ3) is 5.23. The van der Waals surface area contributed by atoms with E-state index in [-0.39, 0.29) is 28.8 Å². The minimum atomic E-state index is -1.01. The second kappa shape index (κ2) is 9.23. The van der Waals surface area contributed by atoms with E-state index in [0.717, 1.165) is 16.9 Å². The van der Waals surface area contributed by atoms with Gasteiger partial charge in [-0.15, -0.1) is 11.3 Å². The summed E-state index contributed by atoms with van der Waals surface area (Å²) >= 11 is 1.10. The zero-order valence-electron chi connectivity index (χ0n) is 16.1. The number of carbonyl (C=O) groups is 2. The summed E-state index contributed by atoms with van der Waals surface area (Å²) < 4.78 is 25.1. The Morgan fingerprint density at radius 1 is 1.20 bits per heavy atom. The SMILES string of the molecule is COc1cccc(F)c1Oc1cc(C)ccc1NC(=O)Nc1nc(CC(=O)O)cs1. The number of hydrogen-bond acceptors (Lipinski definition) is 6. The molecule has 0 saturated carbocycles. The molecule has 2 aromatic carbocycles. The molecular formula is C20H18FN3O5S. The molecule has 0 aliphatic rings. The number of carboxylic acid groups (broad SMARTS) is 1. The summed E-state index contributed by atoms with van der Waals surface area (Å²) in [5.41, 5.74) is 1.48. The van der Waals surface area contributed by atoms with E-state index in [2.05, 4.69) is 15.6 Å². The Morgan fingerprint density at radius 3 is 2.73 bits per heavy atom. The van der Waals surface area contributed by atoms with E-state index in [1.807, 2.05) is 6.92 Å². The van der Waals surface area contributed by atoms with Crippen LogP contribution in [0, 0.1) is 12.7 Å². The number of nitrogens with one attached hydrogen (secondary N) is 2. The lowest BCUT2D eigenvalue weighted by atomic mass is 10.2. The fraction of sp³-hybridized carbons (Fsp3) is 0.150. The number of carboxylic acids is 1. The van der Waals surface area contributed by atoms with Gasteiger partial charge in [0.2, 0.25) is 5.75 Å². The summed E-state index contributed by atoms with van der Waals surface area (Å²) in [7, 11) is 1.40. The molecule has 0 saturated heterocycles. The zero-order valence-corrected chi connectivity index (χ0v) is 16.9. The molecule has 8 nitrogen and oxygen atoms in total. The Labute approximate surface area is 175 Å². The molecule has 2 amide bonds. The van der Waals surface area contributed by atoms with Gasteiger partial charge < -0.3 is 19.9 Å². The molecule has 3 aromatic rings. The molecule has 10 heteroatoms. The van der Waals surface area contributed by atoms with Crippen LogP contribution in [0.15, 0.2) is 41.8 Å². The fourth-order valence-electron chi connectivity index (χ4n) is 2.53. The number of rotatable bonds is 7. The number of thiazole rings is 1. The number of nitrogens with zero attached hydrogens (tertiary/aromatic N) is 1. The number of aryl methyl sites for hydroxylation is 1. The summed E-state index contributed by atoms with van der Waals surface area (Å²) in [6.45, 7) is 1.83. The molecule has 0 unspecified atom stereocenters. The predicted molar refractivity (Wildman–Crippen MR) is 110 cm³/mol. The number of anilines is 2. The minimum Gasteiger partial charge on any atom is -0.493 e. The number of halogens is 1. The van der Waals surface area contributed by atoms with Crippen LogP contribution in [0.4, 0.5) is 20.0 Å². The molecule has 0 fully saturated rings. The van der Waals surface area contributed by atoms with Crippen molar-refractivity contribution in [3.05, 3.63) is 58.9 Å². The number of aromatic nitrogens is 1. The van der Waals surface area contributed by atoms with Crippen molar-refractivity contribution in [3.63, 3.8) is 0 Å².